The second-order valence-corrected chi connectivity index (χ2v) is 3.89. The number of aromatic nitrogens is 3. The normalized spacial score (nSPS) is 19.3. The van der Waals surface area contributed by atoms with Crippen LogP contribution in [0.4, 0.5) is 0 Å². The van der Waals surface area contributed by atoms with Crippen LogP contribution < -0.4 is 0 Å². The molecule has 0 bridgehead atoms. The molecule has 0 aromatic carbocycles. The molecular formula is C9H14N4O2. The van der Waals surface area contributed by atoms with E-state index in [1.54, 1.807) is 4.68 Å². The first-order valence-corrected chi connectivity index (χ1v) is 5.00. The molecule has 0 radical (unpaired) electrons. The Kier molecular flexibility index (Phi) is 2.68. The summed E-state index contributed by atoms with van der Waals surface area (Å²) in [6.45, 7) is 2.04. The summed E-state index contributed by atoms with van der Waals surface area (Å²) >= 11 is 0. The fraction of sp³-hybridized carbons (Fsp3) is 0.667. The third-order valence-corrected chi connectivity index (χ3v) is 2.76. The average Bonchev–Trinajstić information content (AvgIpc) is 2.68. The summed E-state index contributed by atoms with van der Waals surface area (Å²) < 4.78 is 1.68. The minimum absolute atomic E-state index is 0.117. The highest BCUT2D eigenvalue weighted by Gasteiger charge is 2.20. The van der Waals surface area contributed by atoms with Gasteiger partial charge in [-0.1, -0.05) is 0 Å². The van der Waals surface area contributed by atoms with Crippen LogP contribution in [-0.4, -0.2) is 50.9 Å². The first kappa shape index (κ1) is 10.1. The Morgan fingerprint density at radius 1 is 1.53 bits per heavy atom. The maximum absolute atomic E-state index is 10.6. The molecule has 1 aromatic rings. The maximum Gasteiger partial charge on any atom is 0.375 e. The van der Waals surface area contributed by atoms with E-state index in [1.165, 1.54) is 6.33 Å². The van der Waals surface area contributed by atoms with Gasteiger partial charge in [-0.2, -0.15) is 0 Å². The zero-order valence-electron chi connectivity index (χ0n) is 8.63. The number of carboxylic acid groups (broad SMARTS) is 1. The summed E-state index contributed by atoms with van der Waals surface area (Å²) in [6, 6.07) is 0.293. The Morgan fingerprint density at radius 2 is 2.20 bits per heavy atom. The Hall–Kier alpha value is -1.43. The van der Waals surface area contributed by atoms with Crippen molar-refractivity contribution in [2.45, 2.75) is 18.9 Å². The molecule has 2 heterocycles. The lowest BCUT2D eigenvalue weighted by Gasteiger charge is -2.28. The lowest BCUT2D eigenvalue weighted by molar-refractivity contribution is 0.0682. The SMILES string of the molecule is CN1CCC(n2cnc(C(=O)O)n2)CC1. The fourth-order valence-electron chi connectivity index (χ4n) is 1.81. The Bertz CT molecular complexity index is 355. The lowest BCUT2D eigenvalue weighted by Crippen LogP contribution is -2.31. The summed E-state index contributed by atoms with van der Waals surface area (Å²) in [7, 11) is 2.08. The van der Waals surface area contributed by atoms with E-state index in [2.05, 4.69) is 22.0 Å². The molecule has 15 heavy (non-hydrogen) atoms. The average molecular weight is 210 g/mol. The van der Waals surface area contributed by atoms with Crippen molar-refractivity contribution in [2.75, 3.05) is 20.1 Å². The van der Waals surface area contributed by atoms with Gasteiger partial charge < -0.3 is 10.0 Å². The predicted molar refractivity (Wildman–Crippen MR) is 52.7 cm³/mol. The molecule has 2 rings (SSSR count). The van der Waals surface area contributed by atoms with Gasteiger partial charge in [0.1, 0.15) is 6.33 Å². The minimum Gasteiger partial charge on any atom is -0.475 e. The molecule has 0 amide bonds. The molecular weight excluding hydrogens is 196 g/mol. The third kappa shape index (κ3) is 2.15. The zero-order chi connectivity index (χ0) is 10.8. The van der Waals surface area contributed by atoms with Gasteiger partial charge in [-0.3, -0.25) is 0 Å². The van der Waals surface area contributed by atoms with Crippen LogP contribution in [0.25, 0.3) is 0 Å². The molecule has 1 aliphatic heterocycles. The van der Waals surface area contributed by atoms with E-state index < -0.39 is 5.97 Å². The van der Waals surface area contributed by atoms with Gasteiger partial charge in [-0.15, -0.1) is 5.10 Å². The highest BCUT2D eigenvalue weighted by molar-refractivity contribution is 5.82. The van der Waals surface area contributed by atoms with Crippen LogP contribution in [0.5, 0.6) is 0 Å². The molecule has 0 atom stereocenters. The molecule has 1 saturated heterocycles. The van der Waals surface area contributed by atoms with E-state index in [9.17, 15) is 4.79 Å². The third-order valence-electron chi connectivity index (χ3n) is 2.76. The van der Waals surface area contributed by atoms with E-state index in [-0.39, 0.29) is 5.82 Å². The van der Waals surface area contributed by atoms with Gasteiger partial charge in [-0.05, 0) is 33.0 Å². The number of aromatic carboxylic acids is 1. The summed E-state index contributed by atoms with van der Waals surface area (Å²) in [5.41, 5.74) is 0. The topological polar surface area (TPSA) is 71.2 Å². The monoisotopic (exact) mass is 210 g/mol. The van der Waals surface area contributed by atoms with E-state index >= 15 is 0 Å². The quantitative estimate of drug-likeness (QED) is 0.757. The van der Waals surface area contributed by atoms with Crippen molar-refractivity contribution in [3.8, 4) is 0 Å². The smallest absolute Gasteiger partial charge is 0.375 e. The van der Waals surface area contributed by atoms with Crippen LogP contribution in [0, 0.1) is 0 Å². The van der Waals surface area contributed by atoms with E-state index in [4.69, 9.17) is 5.11 Å². The van der Waals surface area contributed by atoms with Crippen molar-refractivity contribution in [1.29, 1.82) is 0 Å². The molecule has 1 aromatic heterocycles. The molecule has 0 aliphatic carbocycles. The number of nitrogens with zero attached hydrogens (tertiary/aromatic N) is 4. The number of carbonyl (C=O) groups is 1. The molecule has 6 nitrogen and oxygen atoms in total. The van der Waals surface area contributed by atoms with E-state index in [0.29, 0.717) is 6.04 Å². The van der Waals surface area contributed by atoms with Crippen molar-refractivity contribution >= 4 is 5.97 Å². The maximum atomic E-state index is 10.6. The van der Waals surface area contributed by atoms with Crippen molar-refractivity contribution in [3.63, 3.8) is 0 Å². The number of carboxylic acids is 1. The van der Waals surface area contributed by atoms with Gasteiger partial charge in [0.15, 0.2) is 0 Å². The summed E-state index contributed by atoms with van der Waals surface area (Å²) in [5.74, 6) is -1.18. The zero-order valence-corrected chi connectivity index (χ0v) is 8.63. The highest BCUT2D eigenvalue weighted by Crippen LogP contribution is 2.20. The van der Waals surface area contributed by atoms with Gasteiger partial charge in [-0.25, -0.2) is 14.5 Å². The lowest BCUT2D eigenvalue weighted by atomic mass is 10.1. The highest BCUT2D eigenvalue weighted by atomic mass is 16.4. The van der Waals surface area contributed by atoms with Gasteiger partial charge in [0.05, 0.1) is 6.04 Å². The second-order valence-electron chi connectivity index (χ2n) is 3.89. The first-order chi connectivity index (χ1) is 7.16. The molecule has 1 aliphatic rings. The largest absolute Gasteiger partial charge is 0.475 e. The van der Waals surface area contributed by atoms with Crippen LogP contribution in [0.1, 0.15) is 29.5 Å². The molecule has 6 heteroatoms. The first-order valence-electron chi connectivity index (χ1n) is 5.00. The fourth-order valence-corrected chi connectivity index (χ4v) is 1.81. The summed E-state index contributed by atoms with van der Waals surface area (Å²) in [6.07, 6.45) is 3.51. The summed E-state index contributed by atoms with van der Waals surface area (Å²) in [4.78, 5) is 16.6. The number of hydrogen-bond acceptors (Lipinski definition) is 4. The second kappa shape index (κ2) is 3.98. The van der Waals surface area contributed by atoms with Crippen molar-refractivity contribution in [1.82, 2.24) is 19.7 Å². The standard InChI is InChI=1S/C9H14N4O2/c1-12-4-2-7(3-5-12)13-6-10-8(11-13)9(14)15/h6-7H,2-5H2,1H3,(H,14,15). The van der Waals surface area contributed by atoms with E-state index in [1.807, 2.05) is 0 Å². The number of hydrogen-bond donors (Lipinski definition) is 1. The number of piperidine rings is 1. The summed E-state index contributed by atoms with van der Waals surface area (Å²) in [5, 5.41) is 12.6. The molecule has 0 unspecified atom stereocenters. The Labute approximate surface area is 87.5 Å². The molecule has 82 valence electrons. The van der Waals surface area contributed by atoms with Gasteiger partial charge in [0.25, 0.3) is 5.82 Å². The predicted octanol–water partition coefficient (Wildman–Crippen LogP) is 0.243. The van der Waals surface area contributed by atoms with Crippen LogP contribution in [0.3, 0.4) is 0 Å². The number of rotatable bonds is 2. The minimum atomic E-state index is -1.07. The number of likely N-dealkylation sites (tertiary alicyclic amines) is 1. The van der Waals surface area contributed by atoms with Crippen molar-refractivity contribution in [2.24, 2.45) is 0 Å². The Morgan fingerprint density at radius 3 is 2.73 bits per heavy atom. The van der Waals surface area contributed by atoms with Crippen LogP contribution in [-0.2, 0) is 0 Å². The van der Waals surface area contributed by atoms with Gasteiger partial charge in [0, 0.05) is 0 Å². The van der Waals surface area contributed by atoms with Crippen LogP contribution in [0.2, 0.25) is 0 Å². The molecule has 1 fully saturated rings. The van der Waals surface area contributed by atoms with Gasteiger partial charge >= 0.3 is 5.97 Å². The van der Waals surface area contributed by atoms with Crippen molar-refractivity contribution < 1.29 is 9.90 Å². The van der Waals surface area contributed by atoms with Gasteiger partial charge in [0.2, 0.25) is 0 Å². The molecule has 0 saturated carbocycles. The Balaban J connectivity index is 2.06. The van der Waals surface area contributed by atoms with Crippen molar-refractivity contribution in [3.05, 3.63) is 12.2 Å². The van der Waals surface area contributed by atoms with Crippen LogP contribution >= 0.6 is 0 Å². The molecule has 0 spiro atoms. The molecule has 1 N–H and O–H groups in total. The van der Waals surface area contributed by atoms with E-state index in [0.717, 1.165) is 25.9 Å². The van der Waals surface area contributed by atoms with Crippen LogP contribution in [0.15, 0.2) is 6.33 Å².